The Labute approximate surface area is 329 Å². The molecule has 3 aromatic heterocycles. The number of nitrogen functional groups attached to an aromatic ring is 1. The van der Waals surface area contributed by atoms with Crippen LogP contribution in [-0.2, 0) is 20.9 Å². The Hall–Kier alpha value is -5.33. The van der Waals surface area contributed by atoms with Gasteiger partial charge in [-0.1, -0.05) is 23.4 Å². The summed E-state index contributed by atoms with van der Waals surface area (Å²) in [6.07, 6.45) is 15.9. The van der Waals surface area contributed by atoms with E-state index >= 15 is 0 Å². The van der Waals surface area contributed by atoms with Crippen molar-refractivity contribution < 1.29 is 24.2 Å². The molecule has 294 valence electrons. The van der Waals surface area contributed by atoms with E-state index in [1.54, 1.807) is 13.3 Å². The van der Waals surface area contributed by atoms with Crippen LogP contribution in [0.1, 0.15) is 60.9 Å². The number of amides is 2. The van der Waals surface area contributed by atoms with Crippen molar-refractivity contribution in [2.45, 2.75) is 58.9 Å². The van der Waals surface area contributed by atoms with Gasteiger partial charge in [-0.2, -0.15) is 4.98 Å². The fraction of sp³-hybridized carbons (Fsp3) is 0.500. The molecule has 2 aliphatic rings. The van der Waals surface area contributed by atoms with Gasteiger partial charge in [-0.3, -0.25) is 19.4 Å². The van der Waals surface area contributed by atoms with E-state index < -0.39 is 5.97 Å². The summed E-state index contributed by atoms with van der Waals surface area (Å²) in [6, 6.07) is 0. The summed E-state index contributed by atoms with van der Waals surface area (Å²) in [5.74, 6) is 11.4. The Morgan fingerprint density at radius 2 is 1.44 bits per heavy atom. The number of carboxylic acids is 1. The first-order valence-corrected chi connectivity index (χ1v) is 18.5. The first kappa shape index (κ1) is 44.1. The number of anilines is 1. The predicted octanol–water partition coefficient (Wildman–Crippen LogP) is 3.30. The maximum absolute atomic E-state index is 12.5. The van der Waals surface area contributed by atoms with Gasteiger partial charge in [0, 0.05) is 108 Å². The molecule has 3 aromatic rings. The summed E-state index contributed by atoms with van der Waals surface area (Å²) < 4.78 is 7.47. The number of pyridine rings is 1. The minimum Gasteiger partial charge on any atom is -0.496 e. The average Bonchev–Trinajstić information content (AvgIpc) is 3.50. The Balaban J connectivity index is 0.000000333. The number of nitrogens with two attached hydrogens (primary N) is 1. The number of carbonyl (C=O) groups excluding carboxylic acids is 2. The Morgan fingerprint density at radius 3 is 1.95 bits per heavy atom. The summed E-state index contributed by atoms with van der Waals surface area (Å²) in [7, 11) is 5.79. The third kappa shape index (κ3) is 13.5. The van der Waals surface area contributed by atoms with Crippen molar-refractivity contribution in [3.05, 3.63) is 39.9 Å². The summed E-state index contributed by atoms with van der Waals surface area (Å²) in [5.41, 5.74) is 9.93. The van der Waals surface area contributed by atoms with E-state index in [9.17, 15) is 14.4 Å². The van der Waals surface area contributed by atoms with Gasteiger partial charge < -0.3 is 39.7 Å². The largest absolute Gasteiger partial charge is 0.496 e. The number of terminal acetylenes is 2. The van der Waals surface area contributed by atoms with Crippen LogP contribution >= 0.6 is 11.6 Å². The van der Waals surface area contributed by atoms with Gasteiger partial charge >= 0.3 is 5.97 Å². The van der Waals surface area contributed by atoms with Crippen LogP contribution in [0.5, 0.6) is 5.75 Å². The van der Waals surface area contributed by atoms with E-state index in [0.29, 0.717) is 55.2 Å². The van der Waals surface area contributed by atoms with Crippen molar-refractivity contribution >= 4 is 46.4 Å². The van der Waals surface area contributed by atoms with Gasteiger partial charge in [-0.25, -0.2) is 4.98 Å². The SMILES string of the molecule is C#CCCC(=O)N1CCN(C)CC1.C#CCCC(=O)O.COc1c(C)cnc(Cn2cc(C#CCCC(=O)N3CCN(C)CC3)c3c(Cl)nc(N)nc32)c1C. The number of hydrogen-bond donors (Lipinski definition) is 2. The smallest absolute Gasteiger partial charge is 0.304 e. The molecule has 0 spiro atoms. The molecule has 0 atom stereocenters. The van der Waals surface area contributed by atoms with E-state index in [-0.39, 0.29) is 29.3 Å². The molecule has 0 aliphatic carbocycles. The standard InChI is InChI=1S/C25H30ClN7O2.C10H16N2O.C5H6O2/c1-16-13-28-19(17(2)22(16)35-4)15-33-14-18(21-23(26)29-25(27)30-24(21)33)7-5-6-8-20(34)32-11-9-31(3)10-12-32;1-3-4-5-10(13)12-8-6-11(2)7-9-12;1-2-3-4-5(6)7/h13-14H,6,8-12,15H2,1-4H3,(H2,27,29,30);1H,4-9H2,2H3;1H,3-4H2,(H,6,7). The van der Waals surface area contributed by atoms with Gasteiger partial charge in [0.25, 0.3) is 0 Å². The first-order chi connectivity index (χ1) is 26.3. The zero-order chi connectivity index (χ0) is 40.5. The van der Waals surface area contributed by atoms with Crippen LogP contribution in [0.2, 0.25) is 5.15 Å². The van der Waals surface area contributed by atoms with E-state index in [2.05, 4.69) is 62.5 Å². The number of likely N-dealkylation sites (N-methyl/N-ethyl adjacent to an activating group) is 2. The molecule has 2 amide bonds. The number of aromatic nitrogens is 4. The Bertz CT molecular complexity index is 1940. The highest BCUT2D eigenvalue weighted by Gasteiger charge is 2.20. The van der Waals surface area contributed by atoms with Crippen molar-refractivity contribution in [1.29, 1.82) is 0 Å². The number of aryl methyl sites for hydroxylation is 1. The third-order valence-corrected chi connectivity index (χ3v) is 9.40. The van der Waals surface area contributed by atoms with Crippen molar-refractivity contribution in [2.24, 2.45) is 0 Å². The second-order valence-corrected chi connectivity index (χ2v) is 13.6. The number of carboxylic acid groups (broad SMARTS) is 1. The molecule has 15 heteroatoms. The monoisotopic (exact) mass is 773 g/mol. The molecule has 3 N–H and O–H groups in total. The van der Waals surface area contributed by atoms with Gasteiger partial charge in [0.15, 0.2) is 0 Å². The number of carbonyl (C=O) groups is 3. The minimum atomic E-state index is -0.835. The number of rotatable bonds is 9. The highest BCUT2D eigenvalue weighted by molar-refractivity contribution is 6.34. The van der Waals surface area contributed by atoms with Crippen LogP contribution < -0.4 is 10.5 Å². The summed E-state index contributed by atoms with van der Waals surface area (Å²) in [4.78, 5) is 55.0. The van der Waals surface area contributed by atoms with E-state index in [1.807, 2.05) is 34.4 Å². The summed E-state index contributed by atoms with van der Waals surface area (Å²) in [5, 5.41) is 8.83. The van der Waals surface area contributed by atoms with Crippen LogP contribution in [0.4, 0.5) is 5.95 Å². The van der Waals surface area contributed by atoms with Crippen LogP contribution in [0.25, 0.3) is 11.0 Å². The fourth-order valence-electron chi connectivity index (χ4n) is 5.88. The fourth-order valence-corrected chi connectivity index (χ4v) is 6.15. The van der Waals surface area contributed by atoms with Crippen LogP contribution in [0, 0.1) is 50.4 Å². The molecule has 5 rings (SSSR count). The van der Waals surface area contributed by atoms with E-state index in [4.69, 9.17) is 40.0 Å². The molecule has 0 unspecified atom stereocenters. The Kier molecular flexibility index (Phi) is 17.7. The molecule has 5 heterocycles. The van der Waals surface area contributed by atoms with Crippen molar-refractivity contribution in [1.82, 2.24) is 39.1 Å². The molecule has 0 bridgehead atoms. The lowest BCUT2D eigenvalue weighted by Gasteiger charge is -2.32. The van der Waals surface area contributed by atoms with Crippen molar-refractivity contribution in [2.75, 3.05) is 79.3 Å². The van der Waals surface area contributed by atoms with Gasteiger partial charge in [-0.05, 0) is 27.9 Å². The summed E-state index contributed by atoms with van der Waals surface area (Å²) >= 11 is 6.45. The van der Waals surface area contributed by atoms with Crippen LogP contribution in [0.15, 0.2) is 12.4 Å². The first-order valence-electron chi connectivity index (χ1n) is 18.1. The van der Waals surface area contributed by atoms with Crippen molar-refractivity contribution in [3.8, 4) is 42.3 Å². The minimum absolute atomic E-state index is 0.0799. The number of fused-ring (bicyclic) bond motifs is 1. The van der Waals surface area contributed by atoms with Crippen LogP contribution in [-0.4, -0.2) is 136 Å². The quantitative estimate of drug-likeness (QED) is 0.242. The van der Waals surface area contributed by atoms with E-state index in [0.717, 1.165) is 74.9 Å². The number of nitrogens with zero attached hydrogens (tertiary/aromatic N) is 8. The van der Waals surface area contributed by atoms with Crippen molar-refractivity contribution in [3.63, 3.8) is 0 Å². The van der Waals surface area contributed by atoms with Crippen LogP contribution in [0.3, 0.4) is 0 Å². The predicted molar refractivity (Wildman–Crippen MR) is 214 cm³/mol. The second-order valence-electron chi connectivity index (χ2n) is 13.3. The molecule has 2 saturated heterocycles. The molecule has 2 aliphatic heterocycles. The zero-order valence-electron chi connectivity index (χ0n) is 32.5. The second kappa shape index (κ2) is 22.1. The lowest BCUT2D eigenvalue weighted by molar-refractivity contribution is -0.137. The lowest BCUT2D eigenvalue weighted by atomic mass is 10.1. The lowest BCUT2D eigenvalue weighted by Crippen LogP contribution is -2.47. The maximum atomic E-state index is 12.5. The number of methoxy groups -OCH3 is 1. The molecule has 55 heavy (non-hydrogen) atoms. The maximum Gasteiger partial charge on any atom is 0.304 e. The third-order valence-electron chi connectivity index (χ3n) is 9.12. The number of halogens is 1. The zero-order valence-corrected chi connectivity index (χ0v) is 33.3. The molecule has 2 fully saturated rings. The van der Waals surface area contributed by atoms with Gasteiger partial charge in [-0.15, -0.1) is 24.7 Å². The van der Waals surface area contributed by atoms with Gasteiger partial charge in [0.05, 0.1) is 36.7 Å². The highest BCUT2D eigenvalue weighted by atomic mass is 35.5. The van der Waals surface area contributed by atoms with E-state index in [1.165, 1.54) is 0 Å². The number of piperazine rings is 2. The number of hydrogen-bond acceptors (Lipinski definition) is 10. The average molecular weight is 774 g/mol. The normalized spacial score (nSPS) is 14.3. The number of ether oxygens (including phenoxy) is 1. The highest BCUT2D eigenvalue weighted by Crippen LogP contribution is 2.29. The number of aliphatic carboxylic acids is 1. The topological polar surface area (TPSA) is 163 Å². The molecule has 0 radical (unpaired) electrons. The van der Waals surface area contributed by atoms with Gasteiger partial charge in [0.2, 0.25) is 17.8 Å². The Morgan fingerprint density at radius 1 is 0.891 bits per heavy atom. The molecule has 14 nitrogen and oxygen atoms in total. The van der Waals surface area contributed by atoms with Gasteiger partial charge in [0.1, 0.15) is 16.5 Å². The molecular formula is C40H52ClN9O5. The molecule has 0 aromatic carbocycles. The summed E-state index contributed by atoms with van der Waals surface area (Å²) in [6.45, 7) is 11.4. The molecular weight excluding hydrogens is 722 g/mol. The molecule has 0 saturated carbocycles.